The molecule has 54 valence electrons. The van der Waals surface area contributed by atoms with E-state index in [1.807, 2.05) is 0 Å². The molecule has 0 aromatic heterocycles. The second kappa shape index (κ2) is 3.07. The SMILES string of the molecule is O=[SH](=O)c1ccc(S)cc1. The third-order valence-corrected chi connectivity index (χ3v) is 2.08. The molecule has 0 spiro atoms. The lowest BCUT2D eigenvalue weighted by Gasteiger charge is -1.89. The van der Waals surface area contributed by atoms with Gasteiger partial charge in [-0.15, -0.1) is 12.6 Å². The number of hydrogen-bond acceptors (Lipinski definition) is 3. The van der Waals surface area contributed by atoms with E-state index in [1.54, 1.807) is 12.1 Å². The molecule has 0 radical (unpaired) electrons. The van der Waals surface area contributed by atoms with E-state index in [1.165, 1.54) is 12.1 Å². The highest BCUT2D eigenvalue weighted by Gasteiger charge is 1.91. The molecule has 4 heteroatoms. The first-order chi connectivity index (χ1) is 4.70. The standard InChI is InChI=1S/C6H6O2S2/c7-10(8)6-3-1-5(9)2-4-6/h1-4,9-10H. The summed E-state index contributed by atoms with van der Waals surface area (Å²) < 4.78 is 20.6. The summed E-state index contributed by atoms with van der Waals surface area (Å²) in [6.07, 6.45) is 0. The van der Waals surface area contributed by atoms with Crippen LogP contribution < -0.4 is 0 Å². The van der Waals surface area contributed by atoms with Crippen LogP contribution in [0.3, 0.4) is 0 Å². The first kappa shape index (κ1) is 7.63. The summed E-state index contributed by atoms with van der Waals surface area (Å²) >= 11 is 4.00. The average molecular weight is 174 g/mol. The van der Waals surface area contributed by atoms with Crippen molar-refractivity contribution in [2.75, 3.05) is 0 Å². The maximum Gasteiger partial charge on any atom is 0.168 e. The van der Waals surface area contributed by atoms with Gasteiger partial charge in [0.2, 0.25) is 0 Å². The minimum Gasteiger partial charge on any atom is -0.227 e. The van der Waals surface area contributed by atoms with Crippen molar-refractivity contribution in [2.45, 2.75) is 9.79 Å². The Bertz CT molecular complexity index is 279. The van der Waals surface area contributed by atoms with Gasteiger partial charge in [0.15, 0.2) is 10.7 Å². The summed E-state index contributed by atoms with van der Waals surface area (Å²) in [7, 11) is -2.44. The largest absolute Gasteiger partial charge is 0.227 e. The van der Waals surface area contributed by atoms with Crippen LogP contribution in [0.15, 0.2) is 34.1 Å². The molecule has 0 unspecified atom stereocenters. The predicted octanol–water partition coefficient (Wildman–Crippen LogP) is 0.946. The fraction of sp³-hybridized carbons (Fsp3) is 0. The highest BCUT2D eigenvalue weighted by atomic mass is 32.2. The fourth-order valence-corrected chi connectivity index (χ4v) is 1.12. The summed E-state index contributed by atoms with van der Waals surface area (Å²) in [6.45, 7) is 0. The zero-order valence-electron chi connectivity index (χ0n) is 5.02. The Morgan fingerprint density at radius 1 is 1.10 bits per heavy atom. The van der Waals surface area contributed by atoms with Gasteiger partial charge in [-0.3, -0.25) is 0 Å². The minimum absolute atomic E-state index is 0.327. The van der Waals surface area contributed by atoms with Crippen LogP contribution >= 0.6 is 12.6 Å². The van der Waals surface area contributed by atoms with Gasteiger partial charge in [-0.05, 0) is 24.3 Å². The van der Waals surface area contributed by atoms with E-state index >= 15 is 0 Å². The molecule has 0 aliphatic rings. The van der Waals surface area contributed by atoms with Crippen LogP contribution in [0.1, 0.15) is 0 Å². The van der Waals surface area contributed by atoms with E-state index in [0.717, 1.165) is 4.90 Å². The molecule has 0 heterocycles. The van der Waals surface area contributed by atoms with E-state index in [9.17, 15) is 8.42 Å². The Kier molecular flexibility index (Phi) is 2.34. The zero-order chi connectivity index (χ0) is 7.56. The Morgan fingerprint density at radius 2 is 1.60 bits per heavy atom. The monoisotopic (exact) mass is 174 g/mol. The van der Waals surface area contributed by atoms with Crippen molar-refractivity contribution in [3.8, 4) is 0 Å². The molecule has 0 fully saturated rings. The molecule has 0 saturated heterocycles. The van der Waals surface area contributed by atoms with Crippen LogP contribution in [-0.4, -0.2) is 8.42 Å². The van der Waals surface area contributed by atoms with Crippen LogP contribution in [0.4, 0.5) is 0 Å². The van der Waals surface area contributed by atoms with Crippen molar-refractivity contribution in [1.29, 1.82) is 0 Å². The van der Waals surface area contributed by atoms with E-state index in [-0.39, 0.29) is 0 Å². The third-order valence-electron chi connectivity index (χ3n) is 1.06. The van der Waals surface area contributed by atoms with Crippen LogP contribution in [0.2, 0.25) is 0 Å². The van der Waals surface area contributed by atoms with Gasteiger partial charge in [0, 0.05) is 4.90 Å². The van der Waals surface area contributed by atoms with Crippen LogP contribution in [0.5, 0.6) is 0 Å². The molecular formula is C6H6O2S2. The fourth-order valence-electron chi connectivity index (χ4n) is 0.574. The molecule has 10 heavy (non-hydrogen) atoms. The van der Waals surface area contributed by atoms with Crippen LogP contribution in [-0.2, 0) is 10.7 Å². The molecule has 0 bridgehead atoms. The van der Waals surface area contributed by atoms with Crippen molar-refractivity contribution in [3.63, 3.8) is 0 Å². The second-order valence-electron chi connectivity index (χ2n) is 1.77. The van der Waals surface area contributed by atoms with Crippen molar-refractivity contribution in [1.82, 2.24) is 0 Å². The van der Waals surface area contributed by atoms with E-state index in [0.29, 0.717) is 4.90 Å². The van der Waals surface area contributed by atoms with E-state index in [4.69, 9.17) is 0 Å². The first-order valence-corrected chi connectivity index (χ1v) is 4.26. The maximum atomic E-state index is 10.3. The molecule has 0 aliphatic carbocycles. The van der Waals surface area contributed by atoms with Crippen molar-refractivity contribution in [3.05, 3.63) is 24.3 Å². The van der Waals surface area contributed by atoms with Gasteiger partial charge in [-0.2, -0.15) is 0 Å². The average Bonchev–Trinajstić information content (AvgIpc) is 1.88. The third kappa shape index (κ3) is 1.75. The lowest BCUT2D eigenvalue weighted by Crippen LogP contribution is -1.77. The maximum absolute atomic E-state index is 10.3. The van der Waals surface area contributed by atoms with Crippen molar-refractivity contribution < 1.29 is 8.42 Å². The number of rotatable bonds is 1. The summed E-state index contributed by atoms with van der Waals surface area (Å²) in [5, 5.41) is 0. The van der Waals surface area contributed by atoms with Gasteiger partial charge in [0.25, 0.3) is 0 Å². The quantitative estimate of drug-likeness (QED) is 0.621. The first-order valence-electron chi connectivity index (χ1n) is 2.63. The summed E-state index contributed by atoms with van der Waals surface area (Å²) in [6, 6.07) is 6.33. The van der Waals surface area contributed by atoms with E-state index < -0.39 is 10.7 Å². The van der Waals surface area contributed by atoms with E-state index in [2.05, 4.69) is 12.6 Å². The highest BCUT2D eigenvalue weighted by molar-refractivity contribution is 7.80. The molecule has 0 amide bonds. The normalized spacial score (nSPS) is 10.2. The lowest BCUT2D eigenvalue weighted by atomic mass is 10.4. The Hall–Kier alpha value is -0.480. The second-order valence-corrected chi connectivity index (χ2v) is 3.32. The van der Waals surface area contributed by atoms with Crippen LogP contribution in [0, 0.1) is 0 Å². The molecule has 1 aromatic carbocycles. The van der Waals surface area contributed by atoms with Gasteiger partial charge in [0.1, 0.15) is 0 Å². The molecule has 0 aliphatic heterocycles. The lowest BCUT2D eigenvalue weighted by molar-refractivity contribution is 0.614. The number of hydrogen-bond donors (Lipinski definition) is 2. The van der Waals surface area contributed by atoms with Gasteiger partial charge >= 0.3 is 0 Å². The molecular weight excluding hydrogens is 168 g/mol. The minimum atomic E-state index is -2.44. The zero-order valence-corrected chi connectivity index (χ0v) is 6.81. The summed E-state index contributed by atoms with van der Waals surface area (Å²) in [4.78, 5) is 1.09. The smallest absolute Gasteiger partial charge is 0.168 e. The molecule has 0 atom stereocenters. The predicted molar refractivity (Wildman–Crippen MR) is 42.3 cm³/mol. The van der Waals surface area contributed by atoms with Crippen molar-refractivity contribution in [2.24, 2.45) is 0 Å². The Morgan fingerprint density at radius 3 is 2.00 bits per heavy atom. The molecule has 0 saturated carbocycles. The summed E-state index contributed by atoms with van der Waals surface area (Å²) in [5.41, 5.74) is 0. The van der Waals surface area contributed by atoms with Gasteiger partial charge in [-0.25, -0.2) is 8.42 Å². The molecule has 1 aromatic rings. The topological polar surface area (TPSA) is 34.1 Å². The van der Waals surface area contributed by atoms with Gasteiger partial charge in [-0.1, -0.05) is 0 Å². The van der Waals surface area contributed by atoms with Gasteiger partial charge < -0.3 is 0 Å². The Balaban J connectivity index is 3.12. The molecule has 1 rings (SSSR count). The number of thiol groups is 2. The summed E-state index contributed by atoms with van der Waals surface area (Å²) in [5.74, 6) is 0. The molecule has 2 nitrogen and oxygen atoms in total. The van der Waals surface area contributed by atoms with Crippen LogP contribution in [0.25, 0.3) is 0 Å². The highest BCUT2D eigenvalue weighted by Crippen LogP contribution is 2.07. The Labute approximate surface area is 66.2 Å². The van der Waals surface area contributed by atoms with Crippen molar-refractivity contribution >= 4 is 23.3 Å². The number of benzene rings is 1. The molecule has 0 N–H and O–H groups in total. The van der Waals surface area contributed by atoms with Gasteiger partial charge in [0.05, 0.1) is 4.90 Å².